The van der Waals surface area contributed by atoms with E-state index in [4.69, 9.17) is 9.15 Å². The molecule has 0 unspecified atom stereocenters. The number of aromatic nitrogens is 8. The second-order valence-corrected chi connectivity index (χ2v) is 6.88. The van der Waals surface area contributed by atoms with E-state index in [0.717, 1.165) is 54.9 Å². The van der Waals surface area contributed by atoms with Gasteiger partial charge in [-0.2, -0.15) is 5.10 Å². The third-order valence-corrected chi connectivity index (χ3v) is 5.00. The second kappa shape index (κ2) is 7.59. The number of ether oxygens (including phenoxy) is 1. The first kappa shape index (κ1) is 17.7. The Hall–Kier alpha value is -3.34. The van der Waals surface area contributed by atoms with Gasteiger partial charge in [-0.3, -0.25) is 0 Å². The summed E-state index contributed by atoms with van der Waals surface area (Å²) in [5, 5.41) is 25.2. The first-order valence-corrected chi connectivity index (χ1v) is 9.67. The van der Waals surface area contributed by atoms with Crippen molar-refractivity contribution in [1.29, 1.82) is 0 Å². The van der Waals surface area contributed by atoms with Crippen molar-refractivity contribution in [2.24, 2.45) is 0 Å². The van der Waals surface area contributed by atoms with Crippen molar-refractivity contribution in [2.45, 2.75) is 38.9 Å². The molecule has 1 saturated heterocycles. The number of rotatable bonds is 6. The van der Waals surface area contributed by atoms with E-state index in [1.807, 2.05) is 17.8 Å². The van der Waals surface area contributed by atoms with Gasteiger partial charge in [-0.05, 0) is 19.8 Å². The van der Waals surface area contributed by atoms with E-state index in [0.29, 0.717) is 24.4 Å². The number of anilines is 1. The lowest BCUT2D eigenvalue weighted by Crippen LogP contribution is -2.28. The van der Waals surface area contributed by atoms with E-state index in [-0.39, 0.29) is 0 Å². The Bertz CT molecular complexity index is 1100. The fourth-order valence-electron chi connectivity index (χ4n) is 3.50. The number of fused-ring (bicyclic) bond motifs is 1. The Labute approximate surface area is 166 Å². The molecule has 0 atom stereocenters. The molecule has 0 radical (unpaired) electrons. The van der Waals surface area contributed by atoms with Crippen LogP contribution in [0.25, 0.3) is 22.5 Å². The van der Waals surface area contributed by atoms with Crippen LogP contribution < -0.4 is 5.32 Å². The first-order valence-electron chi connectivity index (χ1n) is 9.67. The number of hydrogen-bond donors (Lipinski definition) is 1. The van der Waals surface area contributed by atoms with E-state index in [9.17, 15) is 0 Å². The summed E-state index contributed by atoms with van der Waals surface area (Å²) < 4.78 is 14.9. The van der Waals surface area contributed by atoms with Crippen molar-refractivity contribution in [3.63, 3.8) is 0 Å². The summed E-state index contributed by atoms with van der Waals surface area (Å²) in [4.78, 5) is 4.61. The zero-order chi connectivity index (χ0) is 19.6. The van der Waals surface area contributed by atoms with Gasteiger partial charge in [0.1, 0.15) is 6.54 Å². The number of hydrogen-bond acceptors (Lipinski definition) is 9. The summed E-state index contributed by atoms with van der Waals surface area (Å²) in [6, 6.07) is 0.301. The highest BCUT2D eigenvalue weighted by Crippen LogP contribution is 2.34. The van der Waals surface area contributed by atoms with Crippen LogP contribution in [0.2, 0.25) is 0 Å². The minimum atomic E-state index is 0.301. The molecular formula is C18H21N9O2. The average Bonchev–Trinajstić information content (AvgIpc) is 3.50. The smallest absolute Gasteiger partial charge is 0.251 e. The molecule has 0 bridgehead atoms. The van der Waals surface area contributed by atoms with Gasteiger partial charge in [-0.15, -0.1) is 15.3 Å². The third kappa shape index (κ3) is 3.44. The molecule has 11 heteroatoms. The Morgan fingerprint density at radius 1 is 1.21 bits per heavy atom. The van der Waals surface area contributed by atoms with Gasteiger partial charge in [-0.1, -0.05) is 5.21 Å². The number of pyridine rings is 1. The van der Waals surface area contributed by atoms with Crippen molar-refractivity contribution in [2.75, 3.05) is 18.5 Å². The SMILES string of the molecule is CCn1ncc2c(NC3CCOCC3)c(-c3nnc(Cn4ccnn4)o3)cnc21. The molecular weight excluding hydrogens is 374 g/mol. The lowest BCUT2D eigenvalue weighted by molar-refractivity contribution is 0.0905. The molecule has 0 saturated carbocycles. The maximum atomic E-state index is 5.91. The minimum absolute atomic E-state index is 0.301. The molecule has 4 aromatic heterocycles. The molecule has 0 aromatic carbocycles. The van der Waals surface area contributed by atoms with Gasteiger partial charge in [-0.25, -0.2) is 14.3 Å². The molecule has 0 amide bonds. The fraction of sp³-hybridized carbons (Fsp3) is 0.444. The molecule has 150 valence electrons. The zero-order valence-corrected chi connectivity index (χ0v) is 16.0. The van der Waals surface area contributed by atoms with Crippen LogP contribution in [0, 0.1) is 0 Å². The highest BCUT2D eigenvalue weighted by molar-refractivity contribution is 5.96. The van der Waals surface area contributed by atoms with Crippen LogP contribution in [0.1, 0.15) is 25.7 Å². The van der Waals surface area contributed by atoms with Crippen LogP contribution in [-0.2, 0) is 17.8 Å². The van der Waals surface area contributed by atoms with Crippen molar-refractivity contribution < 1.29 is 9.15 Å². The molecule has 1 fully saturated rings. The molecule has 1 aliphatic heterocycles. The lowest BCUT2D eigenvalue weighted by atomic mass is 10.1. The first-order chi connectivity index (χ1) is 14.3. The van der Waals surface area contributed by atoms with Crippen LogP contribution in [0.3, 0.4) is 0 Å². The third-order valence-electron chi connectivity index (χ3n) is 5.00. The second-order valence-electron chi connectivity index (χ2n) is 6.88. The van der Waals surface area contributed by atoms with Gasteiger partial charge in [0, 0.05) is 38.2 Å². The molecule has 0 spiro atoms. The molecule has 0 aliphatic carbocycles. The number of nitrogens with one attached hydrogen (secondary N) is 1. The molecule has 29 heavy (non-hydrogen) atoms. The van der Waals surface area contributed by atoms with E-state index < -0.39 is 0 Å². The lowest BCUT2D eigenvalue weighted by Gasteiger charge is -2.25. The zero-order valence-electron chi connectivity index (χ0n) is 16.0. The maximum absolute atomic E-state index is 5.91. The molecule has 1 aliphatic rings. The van der Waals surface area contributed by atoms with E-state index >= 15 is 0 Å². The minimum Gasteiger partial charge on any atom is -0.419 e. The monoisotopic (exact) mass is 395 g/mol. The molecule has 5 heterocycles. The normalized spacial score (nSPS) is 15.2. The molecule has 5 rings (SSSR count). The highest BCUT2D eigenvalue weighted by atomic mass is 16.5. The van der Waals surface area contributed by atoms with E-state index in [1.54, 1.807) is 23.3 Å². The van der Waals surface area contributed by atoms with Crippen LogP contribution in [0.5, 0.6) is 0 Å². The van der Waals surface area contributed by atoms with Gasteiger partial charge in [0.25, 0.3) is 5.89 Å². The maximum Gasteiger partial charge on any atom is 0.251 e. The molecule has 1 N–H and O–H groups in total. The Morgan fingerprint density at radius 3 is 2.90 bits per heavy atom. The Morgan fingerprint density at radius 2 is 2.10 bits per heavy atom. The summed E-state index contributed by atoms with van der Waals surface area (Å²) >= 11 is 0. The predicted octanol–water partition coefficient (Wildman–Crippen LogP) is 1.73. The van der Waals surface area contributed by atoms with Gasteiger partial charge in [0.15, 0.2) is 5.65 Å². The number of nitrogens with zero attached hydrogens (tertiary/aromatic N) is 8. The summed E-state index contributed by atoms with van der Waals surface area (Å²) in [5.41, 5.74) is 2.50. The fourth-order valence-corrected chi connectivity index (χ4v) is 3.50. The highest BCUT2D eigenvalue weighted by Gasteiger charge is 2.22. The topological polar surface area (TPSA) is 122 Å². The van der Waals surface area contributed by atoms with Gasteiger partial charge < -0.3 is 14.5 Å². The molecule has 4 aromatic rings. The van der Waals surface area contributed by atoms with Crippen molar-refractivity contribution in [1.82, 2.24) is 40.0 Å². The van der Waals surface area contributed by atoms with Crippen LogP contribution in [0.15, 0.2) is 29.2 Å². The summed E-state index contributed by atoms with van der Waals surface area (Å²) in [6.07, 6.45) is 8.83. The van der Waals surface area contributed by atoms with Gasteiger partial charge in [0.05, 0.1) is 29.0 Å². The number of aryl methyl sites for hydroxylation is 1. The molecule has 11 nitrogen and oxygen atoms in total. The largest absolute Gasteiger partial charge is 0.419 e. The standard InChI is InChI=1S/C18H21N9O2/c1-2-27-17-13(10-21-27)16(22-12-3-7-28-8-4-12)14(9-19-17)18-24-23-15(29-18)11-26-6-5-20-25-26/h5-6,9-10,12H,2-4,7-8,11H2,1H3,(H,19,22). The summed E-state index contributed by atoms with van der Waals surface area (Å²) in [6.45, 7) is 4.65. The Kier molecular flexibility index (Phi) is 4.64. The van der Waals surface area contributed by atoms with Crippen molar-refractivity contribution >= 4 is 16.7 Å². The van der Waals surface area contributed by atoms with Crippen molar-refractivity contribution in [3.8, 4) is 11.5 Å². The Balaban J connectivity index is 1.53. The average molecular weight is 395 g/mol. The van der Waals surface area contributed by atoms with Gasteiger partial charge >= 0.3 is 0 Å². The quantitative estimate of drug-likeness (QED) is 0.520. The summed E-state index contributed by atoms with van der Waals surface area (Å²) in [7, 11) is 0. The van der Waals surface area contributed by atoms with Crippen molar-refractivity contribution in [3.05, 3.63) is 30.7 Å². The van der Waals surface area contributed by atoms with Gasteiger partial charge in [0.2, 0.25) is 5.89 Å². The van der Waals surface area contributed by atoms with E-state index in [2.05, 4.69) is 35.9 Å². The van der Waals surface area contributed by atoms with Crippen LogP contribution in [0.4, 0.5) is 5.69 Å². The van der Waals surface area contributed by atoms with Crippen LogP contribution in [-0.4, -0.2) is 59.2 Å². The van der Waals surface area contributed by atoms with Crippen LogP contribution >= 0.6 is 0 Å². The summed E-state index contributed by atoms with van der Waals surface area (Å²) in [5.74, 6) is 0.861. The predicted molar refractivity (Wildman–Crippen MR) is 103 cm³/mol. The van der Waals surface area contributed by atoms with E-state index in [1.165, 1.54) is 0 Å².